The van der Waals surface area contributed by atoms with E-state index in [9.17, 15) is 14.3 Å². The quantitative estimate of drug-likeness (QED) is 0.264. The Morgan fingerprint density at radius 1 is 1.45 bits per heavy atom. The largest absolute Gasteiger partial charge is 0.471 e. The molecule has 1 aliphatic heterocycles. The van der Waals surface area contributed by atoms with Crippen LogP contribution >= 0.6 is 0 Å². The van der Waals surface area contributed by atoms with Crippen LogP contribution in [0.1, 0.15) is 76.5 Å². The number of ether oxygens (including phenoxy) is 2. The van der Waals surface area contributed by atoms with Crippen LogP contribution in [0, 0.1) is 11.9 Å². The molecule has 2 aliphatic rings. The maximum absolute atomic E-state index is 14.7. The van der Waals surface area contributed by atoms with Gasteiger partial charge in [0.15, 0.2) is 0 Å². The van der Waals surface area contributed by atoms with E-state index in [-0.39, 0.29) is 29.5 Å². The molecule has 1 aliphatic carbocycles. The van der Waals surface area contributed by atoms with Crippen molar-refractivity contribution in [1.82, 2.24) is 15.6 Å². The third kappa shape index (κ3) is 6.31. The lowest BCUT2D eigenvalue weighted by Crippen LogP contribution is -2.51. The minimum atomic E-state index is -0.889. The minimum Gasteiger partial charge on any atom is -0.471 e. The van der Waals surface area contributed by atoms with Gasteiger partial charge in [-0.05, 0) is 51.0 Å². The fourth-order valence-corrected chi connectivity index (χ4v) is 4.61. The summed E-state index contributed by atoms with van der Waals surface area (Å²) >= 11 is 0. The molecule has 1 spiro atoms. The molecule has 0 aromatic carbocycles. The van der Waals surface area contributed by atoms with Gasteiger partial charge in [0.05, 0.1) is 0 Å². The van der Waals surface area contributed by atoms with Crippen LogP contribution in [0.15, 0.2) is 18.7 Å². The number of pyridine rings is 1. The molecule has 1 aromatic heterocycles. The Labute approximate surface area is 196 Å². The van der Waals surface area contributed by atoms with Crippen LogP contribution in [-0.4, -0.2) is 47.1 Å². The van der Waals surface area contributed by atoms with Gasteiger partial charge in [0.2, 0.25) is 17.7 Å². The van der Waals surface area contributed by atoms with Gasteiger partial charge in [-0.3, -0.25) is 10.1 Å². The van der Waals surface area contributed by atoms with Crippen LogP contribution in [-0.2, 0) is 16.0 Å². The number of aromatic nitrogens is 1. The van der Waals surface area contributed by atoms with Gasteiger partial charge in [0, 0.05) is 43.2 Å². The normalized spacial score (nSPS) is 21.5. The second-order valence-corrected chi connectivity index (χ2v) is 9.85. The number of nitrogens with zero attached hydrogens (tertiary/aromatic N) is 1. The summed E-state index contributed by atoms with van der Waals surface area (Å²) in [7, 11) is 1.48. The number of hydrogen-bond acceptors (Lipinski definition) is 6. The topological polar surface area (TPSA) is 92.7 Å². The summed E-state index contributed by atoms with van der Waals surface area (Å²) in [5, 5.41) is 17.1. The average Bonchev–Trinajstić information content (AvgIpc) is 2.72. The number of rotatable bonds is 11. The van der Waals surface area contributed by atoms with Crippen molar-refractivity contribution in [1.29, 1.82) is 0 Å². The second kappa shape index (κ2) is 10.9. The second-order valence-electron chi connectivity index (χ2n) is 9.85. The maximum Gasteiger partial charge on any atom is 0.249 e. The number of carbonyl (C=O) groups excluding carboxylic acids is 1. The number of nitrogens with one attached hydrogen (secondary N) is 2. The van der Waals surface area contributed by atoms with E-state index in [1.54, 1.807) is 13.0 Å². The highest BCUT2D eigenvalue weighted by atomic mass is 19.1. The summed E-state index contributed by atoms with van der Waals surface area (Å²) in [5.41, 5.74) is 0.982. The number of fused-ring (bicyclic) bond motifs is 1. The highest BCUT2D eigenvalue weighted by molar-refractivity contribution is 5.80. The highest BCUT2D eigenvalue weighted by Gasteiger charge is 2.47. The fraction of sp³-hybridized carbons (Fsp3) is 0.680. The van der Waals surface area contributed by atoms with E-state index in [0.29, 0.717) is 37.1 Å². The Balaban J connectivity index is 1.77. The summed E-state index contributed by atoms with van der Waals surface area (Å²) in [4.78, 5) is 16.4. The molecule has 4 atom stereocenters. The van der Waals surface area contributed by atoms with E-state index in [2.05, 4.69) is 22.2 Å². The summed E-state index contributed by atoms with van der Waals surface area (Å²) in [6.07, 6.45) is 5.16. The van der Waals surface area contributed by atoms with Crippen LogP contribution in [0.4, 0.5) is 4.39 Å². The number of halogens is 1. The molecule has 184 valence electrons. The minimum absolute atomic E-state index is 0.221. The third-order valence-corrected chi connectivity index (χ3v) is 6.62. The summed E-state index contributed by atoms with van der Waals surface area (Å²) in [6.45, 7) is 9.51. The Bertz CT molecular complexity index is 843. The molecule has 33 heavy (non-hydrogen) atoms. The lowest BCUT2D eigenvalue weighted by Gasteiger charge is -2.47. The highest BCUT2D eigenvalue weighted by Crippen LogP contribution is 2.48. The van der Waals surface area contributed by atoms with E-state index < -0.39 is 18.3 Å². The van der Waals surface area contributed by atoms with Gasteiger partial charge in [0.25, 0.3) is 0 Å². The molecular weight excluding hydrogens is 425 g/mol. The number of methoxy groups -OCH3 is 1. The molecule has 1 aromatic rings. The van der Waals surface area contributed by atoms with Crippen molar-refractivity contribution in [2.75, 3.05) is 7.11 Å². The van der Waals surface area contributed by atoms with Gasteiger partial charge in [-0.25, -0.2) is 0 Å². The van der Waals surface area contributed by atoms with Gasteiger partial charge in [0.1, 0.15) is 17.9 Å². The first-order chi connectivity index (χ1) is 15.7. The van der Waals surface area contributed by atoms with Gasteiger partial charge < -0.3 is 19.9 Å². The molecule has 1 saturated carbocycles. The summed E-state index contributed by atoms with van der Waals surface area (Å²) in [5.74, 6) is -0.115. The van der Waals surface area contributed by atoms with Crippen molar-refractivity contribution in [3.8, 4) is 5.88 Å². The zero-order chi connectivity index (χ0) is 24.2. The molecule has 0 bridgehead atoms. The Morgan fingerprint density at radius 2 is 2.18 bits per heavy atom. The van der Waals surface area contributed by atoms with Gasteiger partial charge >= 0.3 is 0 Å². The van der Waals surface area contributed by atoms with E-state index in [1.807, 2.05) is 19.9 Å². The van der Waals surface area contributed by atoms with Gasteiger partial charge in [-0.2, -0.15) is 9.37 Å². The fourth-order valence-electron chi connectivity index (χ4n) is 4.61. The van der Waals surface area contributed by atoms with E-state index in [1.165, 1.54) is 7.11 Å². The van der Waals surface area contributed by atoms with Crippen molar-refractivity contribution in [2.24, 2.45) is 5.92 Å². The zero-order valence-corrected chi connectivity index (χ0v) is 20.2. The SMILES string of the molecule is C=CC[C@@H](CC(O)N[C@H]1CC2(CCC2)Oc2nc(F)c(CC(C)C)cc21)NC(=O)[C@@H](C)OC. The molecule has 3 rings (SSSR count). The zero-order valence-electron chi connectivity index (χ0n) is 20.2. The number of carbonyl (C=O) groups is 1. The monoisotopic (exact) mass is 463 g/mol. The number of aliphatic hydroxyl groups is 1. The van der Waals surface area contributed by atoms with Gasteiger partial charge in [-0.15, -0.1) is 6.58 Å². The van der Waals surface area contributed by atoms with Gasteiger partial charge in [-0.1, -0.05) is 19.9 Å². The number of amides is 1. The van der Waals surface area contributed by atoms with Crippen LogP contribution in [0.25, 0.3) is 0 Å². The number of hydrogen-bond donors (Lipinski definition) is 3. The first kappa shape index (κ1) is 25.6. The predicted octanol–water partition coefficient (Wildman–Crippen LogP) is 3.56. The molecule has 8 heteroatoms. The van der Waals surface area contributed by atoms with Crippen molar-refractivity contribution in [3.63, 3.8) is 0 Å². The van der Waals surface area contributed by atoms with Crippen molar-refractivity contribution in [3.05, 3.63) is 35.8 Å². The summed E-state index contributed by atoms with van der Waals surface area (Å²) in [6, 6.07) is 1.31. The van der Waals surface area contributed by atoms with Crippen molar-refractivity contribution >= 4 is 5.91 Å². The molecule has 7 nitrogen and oxygen atoms in total. The van der Waals surface area contributed by atoms with Crippen LogP contribution in [0.5, 0.6) is 5.88 Å². The molecular formula is C25H38FN3O4. The third-order valence-electron chi connectivity index (χ3n) is 6.62. The molecule has 3 N–H and O–H groups in total. The molecule has 1 unspecified atom stereocenters. The molecule has 1 fully saturated rings. The van der Waals surface area contributed by atoms with Crippen LogP contribution < -0.4 is 15.4 Å². The van der Waals surface area contributed by atoms with Crippen LogP contribution in [0.3, 0.4) is 0 Å². The van der Waals surface area contributed by atoms with E-state index in [0.717, 1.165) is 24.8 Å². The molecule has 0 radical (unpaired) electrons. The molecule has 2 heterocycles. The van der Waals surface area contributed by atoms with Crippen LogP contribution in [0.2, 0.25) is 0 Å². The standard InChI is InChI=1S/C25H38FN3O4/c1-6-8-18(27-23(31)16(4)32-5)13-21(30)28-20-14-25(9-7-10-25)33-24-19(20)12-17(11-15(2)3)22(26)29-24/h6,12,15-16,18,20-21,28,30H,1,7-11,13-14H2,2-5H3,(H,27,31)/t16-,18+,20+,21?/m1/s1. The maximum atomic E-state index is 14.7. The lowest BCUT2D eigenvalue weighted by molar-refractivity contribution is -0.131. The first-order valence-corrected chi connectivity index (χ1v) is 11.9. The Kier molecular flexibility index (Phi) is 8.48. The smallest absolute Gasteiger partial charge is 0.249 e. The van der Waals surface area contributed by atoms with E-state index in [4.69, 9.17) is 9.47 Å². The van der Waals surface area contributed by atoms with Crippen molar-refractivity contribution in [2.45, 2.75) is 95.7 Å². The molecule has 1 amide bonds. The van der Waals surface area contributed by atoms with Crippen molar-refractivity contribution < 1.29 is 23.8 Å². The van der Waals surface area contributed by atoms with E-state index >= 15 is 0 Å². The lowest BCUT2D eigenvalue weighted by atomic mass is 9.73. The Morgan fingerprint density at radius 3 is 2.76 bits per heavy atom. The first-order valence-electron chi connectivity index (χ1n) is 11.9. The molecule has 0 saturated heterocycles. The Hall–Kier alpha value is -2.03. The summed E-state index contributed by atoms with van der Waals surface area (Å²) < 4.78 is 25.9. The average molecular weight is 464 g/mol. The predicted molar refractivity (Wildman–Crippen MR) is 124 cm³/mol. The number of aliphatic hydroxyl groups excluding tert-OH is 1.